The number of rotatable bonds is 2. The summed E-state index contributed by atoms with van der Waals surface area (Å²) in [6, 6.07) is 1.45. The molecule has 1 heterocycles. The van der Waals surface area contributed by atoms with Gasteiger partial charge in [0.25, 0.3) is 5.91 Å². The van der Waals surface area contributed by atoms with Crippen LogP contribution in [-0.4, -0.2) is 12.0 Å². The molecule has 1 aromatic rings. The summed E-state index contributed by atoms with van der Waals surface area (Å²) in [5.41, 5.74) is 9.80. The maximum atomic E-state index is 10.8. The average molecular weight is 265 g/mol. The van der Waals surface area contributed by atoms with Gasteiger partial charge in [-0.15, -0.1) is 11.3 Å². The number of hydrogen-bond acceptors (Lipinski definition) is 4. The second-order valence-electron chi connectivity index (χ2n) is 2.03. The van der Waals surface area contributed by atoms with Gasteiger partial charge in [0.05, 0.1) is 3.79 Å². The standard InChI is InChI=1S/C6H5BrN2O3S/c7-3-1-2(12-6(9)11)4(13-3)5(8)10/h1H,(H2,8,10)(H2,9,11). The molecule has 70 valence electrons. The lowest BCUT2D eigenvalue weighted by Crippen LogP contribution is -2.18. The highest BCUT2D eigenvalue weighted by Crippen LogP contribution is 2.32. The molecule has 7 heteroatoms. The topological polar surface area (TPSA) is 95.4 Å². The Kier molecular flexibility index (Phi) is 2.89. The lowest BCUT2D eigenvalue weighted by Gasteiger charge is -1.97. The van der Waals surface area contributed by atoms with E-state index in [2.05, 4.69) is 20.7 Å². The van der Waals surface area contributed by atoms with Crippen LogP contribution in [0.25, 0.3) is 0 Å². The quantitative estimate of drug-likeness (QED) is 0.837. The second kappa shape index (κ2) is 3.75. The minimum atomic E-state index is -0.979. The Morgan fingerprint density at radius 3 is 2.54 bits per heavy atom. The van der Waals surface area contributed by atoms with Crippen molar-refractivity contribution < 1.29 is 14.3 Å². The van der Waals surface area contributed by atoms with E-state index < -0.39 is 12.0 Å². The Morgan fingerprint density at radius 2 is 2.08 bits per heavy atom. The van der Waals surface area contributed by atoms with E-state index in [0.29, 0.717) is 3.79 Å². The number of hydrogen-bond donors (Lipinski definition) is 2. The van der Waals surface area contributed by atoms with Gasteiger partial charge in [0, 0.05) is 6.07 Å². The number of carbonyl (C=O) groups excluding carboxylic acids is 2. The molecule has 5 nitrogen and oxygen atoms in total. The van der Waals surface area contributed by atoms with E-state index in [1.807, 2.05) is 0 Å². The van der Waals surface area contributed by atoms with Crippen molar-refractivity contribution in [2.75, 3.05) is 0 Å². The summed E-state index contributed by atoms with van der Waals surface area (Å²) in [4.78, 5) is 21.3. The Balaban J connectivity index is 3.04. The molecule has 2 amide bonds. The van der Waals surface area contributed by atoms with Crippen molar-refractivity contribution in [1.29, 1.82) is 0 Å². The van der Waals surface area contributed by atoms with E-state index in [4.69, 9.17) is 11.5 Å². The molecule has 0 aliphatic heterocycles. The SMILES string of the molecule is NC(=O)Oc1cc(Br)sc1C(N)=O. The van der Waals surface area contributed by atoms with E-state index >= 15 is 0 Å². The summed E-state index contributed by atoms with van der Waals surface area (Å²) in [6.07, 6.45) is -0.979. The maximum Gasteiger partial charge on any atom is 0.410 e. The summed E-state index contributed by atoms with van der Waals surface area (Å²) in [5.74, 6) is -0.580. The maximum absolute atomic E-state index is 10.8. The molecule has 0 aliphatic rings. The first-order valence-electron chi connectivity index (χ1n) is 3.07. The summed E-state index contributed by atoms with van der Waals surface area (Å²) in [6.45, 7) is 0. The van der Waals surface area contributed by atoms with E-state index in [1.165, 1.54) is 6.07 Å². The molecule has 0 aromatic carbocycles. The van der Waals surface area contributed by atoms with Crippen LogP contribution in [0, 0.1) is 0 Å². The van der Waals surface area contributed by atoms with Crippen LogP contribution < -0.4 is 16.2 Å². The first kappa shape index (κ1) is 10.0. The molecule has 0 atom stereocenters. The Morgan fingerprint density at radius 1 is 1.46 bits per heavy atom. The second-order valence-corrected chi connectivity index (χ2v) is 4.46. The van der Waals surface area contributed by atoms with Crippen molar-refractivity contribution in [2.45, 2.75) is 0 Å². The zero-order chi connectivity index (χ0) is 10.0. The zero-order valence-corrected chi connectivity index (χ0v) is 8.65. The fourth-order valence-electron chi connectivity index (χ4n) is 0.702. The summed E-state index contributed by atoms with van der Waals surface area (Å²) >= 11 is 4.19. The Bertz CT molecular complexity index is 363. The molecule has 0 fully saturated rings. The number of primary amides is 2. The average Bonchev–Trinajstić information content (AvgIpc) is 2.29. The molecule has 1 rings (SSSR count). The predicted octanol–water partition coefficient (Wildman–Crippen LogP) is 1.07. The van der Waals surface area contributed by atoms with Crippen LogP contribution in [0.3, 0.4) is 0 Å². The summed E-state index contributed by atoms with van der Waals surface area (Å²) in [5, 5.41) is 0. The van der Waals surface area contributed by atoms with Crippen molar-refractivity contribution in [2.24, 2.45) is 11.5 Å². The predicted molar refractivity (Wildman–Crippen MR) is 50.7 cm³/mol. The molecular weight excluding hydrogens is 260 g/mol. The van der Waals surface area contributed by atoms with Gasteiger partial charge in [-0.1, -0.05) is 0 Å². The summed E-state index contributed by atoms with van der Waals surface area (Å²) < 4.78 is 5.18. The molecule has 0 saturated carbocycles. The van der Waals surface area contributed by atoms with Gasteiger partial charge in [-0.2, -0.15) is 0 Å². The number of halogens is 1. The van der Waals surface area contributed by atoms with Crippen LogP contribution in [-0.2, 0) is 0 Å². The van der Waals surface area contributed by atoms with Crippen molar-refractivity contribution >= 4 is 39.3 Å². The van der Waals surface area contributed by atoms with Gasteiger partial charge in [0.15, 0.2) is 5.75 Å². The largest absolute Gasteiger partial charge is 0.410 e. The number of ether oxygens (including phenoxy) is 1. The first-order valence-corrected chi connectivity index (χ1v) is 4.68. The molecule has 4 N–H and O–H groups in total. The summed E-state index contributed by atoms with van der Waals surface area (Å²) in [7, 11) is 0. The highest BCUT2D eigenvalue weighted by Gasteiger charge is 2.15. The highest BCUT2D eigenvalue weighted by molar-refractivity contribution is 9.11. The van der Waals surface area contributed by atoms with Gasteiger partial charge in [-0.3, -0.25) is 4.79 Å². The van der Waals surface area contributed by atoms with E-state index in [0.717, 1.165) is 11.3 Å². The smallest absolute Gasteiger partial charge is 0.409 e. The number of carbonyl (C=O) groups is 2. The van der Waals surface area contributed by atoms with Crippen LogP contribution in [0.15, 0.2) is 9.85 Å². The van der Waals surface area contributed by atoms with Crippen LogP contribution in [0.2, 0.25) is 0 Å². The third kappa shape index (κ3) is 2.43. The molecule has 0 saturated heterocycles. The van der Waals surface area contributed by atoms with E-state index in [9.17, 15) is 9.59 Å². The number of amides is 2. The van der Waals surface area contributed by atoms with Crippen LogP contribution in [0.1, 0.15) is 9.67 Å². The van der Waals surface area contributed by atoms with Crippen LogP contribution >= 0.6 is 27.3 Å². The number of nitrogens with two attached hydrogens (primary N) is 2. The lowest BCUT2D eigenvalue weighted by molar-refractivity contribution is 0.100. The first-order chi connectivity index (χ1) is 6.00. The monoisotopic (exact) mass is 264 g/mol. The Hall–Kier alpha value is -1.08. The minimum Gasteiger partial charge on any atom is -0.409 e. The molecule has 0 radical (unpaired) electrons. The van der Waals surface area contributed by atoms with E-state index in [1.54, 1.807) is 0 Å². The van der Waals surface area contributed by atoms with Crippen molar-refractivity contribution in [3.63, 3.8) is 0 Å². The molecule has 13 heavy (non-hydrogen) atoms. The molecule has 0 spiro atoms. The van der Waals surface area contributed by atoms with Crippen LogP contribution in [0.4, 0.5) is 4.79 Å². The zero-order valence-electron chi connectivity index (χ0n) is 6.24. The van der Waals surface area contributed by atoms with Gasteiger partial charge in [0.2, 0.25) is 0 Å². The van der Waals surface area contributed by atoms with Gasteiger partial charge < -0.3 is 16.2 Å². The molecule has 0 unspecified atom stereocenters. The lowest BCUT2D eigenvalue weighted by atomic mass is 10.4. The third-order valence-corrected chi connectivity index (χ3v) is 2.74. The van der Waals surface area contributed by atoms with E-state index in [-0.39, 0.29) is 10.6 Å². The molecular formula is C6H5BrN2O3S. The molecule has 0 bridgehead atoms. The third-order valence-electron chi connectivity index (χ3n) is 1.10. The highest BCUT2D eigenvalue weighted by atomic mass is 79.9. The molecule has 1 aromatic heterocycles. The number of thiophene rings is 1. The van der Waals surface area contributed by atoms with Crippen molar-refractivity contribution in [3.05, 3.63) is 14.7 Å². The van der Waals surface area contributed by atoms with Crippen molar-refractivity contribution in [3.8, 4) is 5.75 Å². The van der Waals surface area contributed by atoms with Gasteiger partial charge in [-0.05, 0) is 15.9 Å². The molecule has 0 aliphatic carbocycles. The van der Waals surface area contributed by atoms with Crippen molar-refractivity contribution in [1.82, 2.24) is 0 Å². The minimum absolute atomic E-state index is 0.0804. The normalized spacial score (nSPS) is 9.62. The van der Waals surface area contributed by atoms with Crippen LogP contribution in [0.5, 0.6) is 5.75 Å². The van der Waals surface area contributed by atoms with Gasteiger partial charge >= 0.3 is 6.09 Å². The fraction of sp³-hybridized carbons (Fsp3) is 0. The van der Waals surface area contributed by atoms with Gasteiger partial charge in [0.1, 0.15) is 4.88 Å². The van der Waals surface area contributed by atoms with Gasteiger partial charge in [-0.25, -0.2) is 4.79 Å². The fourth-order valence-corrected chi connectivity index (χ4v) is 2.06. The Labute approximate surface area is 85.8 Å².